The second kappa shape index (κ2) is 8.23. The number of halogens is 4. The number of aliphatic carboxylic acids is 1. The third-order valence-electron chi connectivity index (χ3n) is 6.42. The number of amides is 1. The Bertz CT molecular complexity index is 1280. The fourth-order valence-electron chi connectivity index (χ4n) is 4.17. The number of alkyl halides is 3. The molecule has 1 amide bonds. The molecule has 1 aromatic heterocycles. The van der Waals surface area contributed by atoms with Crippen LogP contribution in [0.5, 0.6) is 0 Å². The summed E-state index contributed by atoms with van der Waals surface area (Å²) in [7, 11) is -4.63. The maximum atomic E-state index is 14.0. The predicted octanol–water partition coefficient (Wildman–Crippen LogP) is 4.05. The van der Waals surface area contributed by atoms with Gasteiger partial charge in [0.15, 0.2) is 9.84 Å². The molecule has 1 saturated carbocycles. The van der Waals surface area contributed by atoms with Crippen LogP contribution in [-0.2, 0) is 25.6 Å². The zero-order valence-corrected chi connectivity index (χ0v) is 19.4. The van der Waals surface area contributed by atoms with Gasteiger partial charge in [0, 0.05) is 18.2 Å². The van der Waals surface area contributed by atoms with Gasteiger partial charge in [0.2, 0.25) is 5.91 Å². The number of rotatable bonds is 5. The van der Waals surface area contributed by atoms with E-state index in [1.54, 1.807) is 6.92 Å². The highest BCUT2D eigenvalue weighted by Gasteiger charge is 2.54. The maximum Gasteiger partial charge on any atom is 0.417 e. The van der Waals surface area contributed by atoms with E-state index in [1.807, 2.05) is 0 Å². The molecule has 4 rings (SSSR count). The van der Waals surface area contributed by atoms with E-state index in [0.717, 1.165) is 17.0 Å². The highest BCUT2D eigenvalue weighted by atomic mass is 35.5. The van der Waals surface area contributed by atoms with Crippen LogP contribution in [0, 0.1) is 5.41 Å². The van der Waals surface area contributed by atoms with Crippen molar-refractivity contribution in [3.05, 3.63) is 47.2 Å². The van der Waals surface area contributed by atoms with Crippen molar-refractivity contribution in [2.75, 3.05) is 6.54 Å². The van der Waals surface area contributed by atoms with E-state index in [0.29, 0.717) is 18.4 Å². The van der Waals surface area contributed by atoms with Crippen molar-refractivity contribution in [2.24, 2.45) is 5.41 Å². The number of nitrogens with zero attached hydrogens (tertiary/aromatic N) is 2. The maximum absolute atomic E-state index is 14.0. The van der Waals surface area contributed by atoms with Gasteiger partial charge >= 0.3 is 12.1 Å². The molecule has 12 heteroatoms. The molecule has 2 fully saturated rings. The zero-order chi connectivity index (χ0) is 25.1. The lowest BCUT2D eigenvalue weighted by atomic mass is 10.0. The van der Waals surface area contributed by atoms with E-state index in [2.05, 4.69) is 4.98 Å². The number of benzene rings is 1. The molecule has 1 aliphatic heterocycles. The summed E-state index contributed by atoms with van der Waals surface area (Å²) in [5, 5.41) is 8.13. The first-order valence-electron chi connectivity index (χ1n) is 10.3. The first-order chi connectivity index (χ1) is 15.7. The summed E-state index contributed by atoms with van der Waals surface area (Å²) in [6.45, 7) is 1.18. The monoisotopic (exact) mass is 516 g/mol. The molecule has 0 spiro atoms. The fraction of sp³-hybridized carbons (Fsp3) is 0.409. The Balaban J connectivity index is 1.74. The number of carbonyl (C=O) groups excluding carboxylic acids is 1. The van der Waals surface area contributed by atoms with Gasteiger partial charge in [-0.25, -0.2) is 18.2 Å². The van der Waals surface area contributed by atoms with E-state index in [-0.39, 0.29) is 10.7 Å². The first kappa shape index (κ1) is 24.5. The van der Waals surface area contributed by atoms with Crippen molar-refractivity contribution in [3.63, 3.8) is 0 Å². The number of hydrogen-bond donors (Lipinski definition) is 1. The number of carbonyl (C=O) groups is 2. The molecule has 0 unspecified atom stereocenters. The van der Waals surface area contributed by atoms with E-state index >= 15 is 0 Å². The minimum Gasteiger partial charge on any atom is -0.480 e. The van der Waals surface area contributed by atoms with Crippen molar-refractivity contribution >= 4 is 33.3 Å². The minimum absolute atomic E-state index is 0.0579. The van der Waals surface area contributed by atoms with Crippen molar-refractivity contribution < 1.29 is 36.3 Å². The quantitative estimate of drug-likeness (QED) is 0.601. The van der Waals surface area contributed by atoms with Crippen LogP contribution >= 0.6 is 11.6 Å². The highest BCUT2D eigenvalue weighted by Crippen LogP contribution is 2.48. The number of carboxylic acids is 1. The molecule has 182 valence electrons. The van der Waals surface area contributed by atoms with Crippen LogP contribution in [0.1, 0.15) is 31.7 Å². The van der Waals surface area contributed by atoms with Crippen LogP contribution in [0.2, 0.25) is 5.15 Å². The van der Waals surface area contributed by atoms with E-state index in [9.17, 15) is 36.3 Å². The van der Waals surface area contributed by atoms with Gasteiger partial charge < -0.3 is 10.0 Å². The van der Waals surface area contributed by atoms with Crippen LogP contribution in [0.25, 0.3) is 11.1 Å². The standard InChI is InChI=1S/C22H20ClF3N2O5S/c1-21(5-6-21)20(31)28-11-14(10-16(28)19(29)30)34(32,33)17-3-2-12(8-15(17)22(24,25)26)13-4-7-27-18(23)9-13/h2-4,7-9,14,16H,5-6,10-11H2,1H3,(H,29,30)/t14-,16+/m1/s1. The third kappa shape index (κ3) is 4.38. The van der Waals surface area contributed by atoms with Gasteiger partial charge in [0.05, 0.1) is 15.7 Å². The molecule has 2 heterocycles. The van der Waals surface area contributed by atoms with Crippen molar-refractivity contribution in [1.29, 1.82) is 0 Å². The minimum atomic E-state index is -5.00. The highest BCUT2D eigenvalue weighted by molar-refractivity contribution is 7.92. The van der Waals surface area contributed by atoms with Crippen LogP contribution in [0.4, 0.5) is 13.2 Å². The summed E-state index contributed by atoms with van der Waals surface area (Å²) in [4.78, 5) is 28.3. The lowest BCUT2D eigenvalue weighted by molar-refractivity contribution is -0.150. The van der Waals surface area contributed by atoms with Gasteiger partial charge in [0.25, 0.3) is 0 Å². The van der Waals surface area contributed by atoms with E-state index in [1.165, 1.54) is 24.4 Å². The molecule has 0 bridgehead atoms. The van der Waals surface area contributed by atoms with Crippen LogP contribution in [0.15, 0.2) is 41.4 Å². The summed E-state index contributed by atoms with van der Waals surface area (Å²) in [5.41, 5.74) is -1.72. The van der Waals surface area contributed by atoms with Crippen LogP contribution < -0.4 is 0 Å². The molecular weight excluding hydrogens is 497 g/mol. The Morgan fingerprint density at radius 2 is 1.82 bits per heavy atom. The molecule has 2 atom stereocenters. The molecule has 0 radical (unpaired) electrons. The Labute approximate surface area is 198 Å². The molecule has 1 aliphatic carbocycles. The third-order valence-corrected chi connectivity index (χ3v) is 8.81. The molecule has 2 aromatic rings. The van der Waals surface area contributed by atoms with Crippen LogP contribution in [0.3, 0.4) is 0 Å². The van der Waals surface area contributed by atoms with Gasteiger partial charge in [-0.15, -0.1) is 0 Å². The van der Waals surface area contributed by atoms with Crippen molar-refractivity contribution in [1.82, 2.24) is 9.88 Å². The molecule has 7 nitrogen and oxygen atoms in total. The second-order valence-corrected chi connectivity index (χ2v) is 11.4. The number of hydrogen-bond acceptors (Lipinski definition) is 5. The van der Waals surface area contributed by atoms with Gasteiger partial charge in [-0.1, -0.05) is 24.6 Å². The topological polar surface area (TPSA) is 105 Å². The van der Waals surface area contributed by atoms with E-state index < -0.39 is 68.0 Å². The van der Waals surface area contributed by atoms with Gasteiger partial charge in [0.1, 0.15) is 11.2 Å². The Kier molecular flexibility index (Phi) is 5.92. The Morgan fingerprint density at radius 1 is 1.18 bits per heavy atom. The van der Waals surface area contributed by atoms with Gasteiger partial charge in [-0.05, 0) is 54.7 Å². The summed E-state index contributed by atoms with van der Waals surface area (Å²) < 4.78 is 68.5. The Morgan fingerprint density at radius 3 is 2.38 bits per heavy atom. The number of carboxylic acid groups (broad SMARTS) is 1. The molecule has 1 saturated heterocycles. The predicted molar refractivity (Wildman–Crippen MR) is 116 cm³/mol. The molecule has 2 aliphatic rings. The normalized spacial score (nSPS) is 22.0. The van der Waals surface area contributed by atoms with Gasteiger partial charge in [-0.2, -0.15) is 13.2 Å². The lowest BCUT2D eigenvalue weighted by Gasteiger charge is -2.24. The summed E-state index contributed by atoms with van der Waals surface area (Å²) in [6.07, 6.45) is -3.09. The average molecular weight is 517 g/mol. The lowest BCUT2D eigenvalue weighted by Crippen LogP contribution is -2.44. The number of likely N-dealkylation sites (tertiary alicyclic amines) is 1. The van der Waals surface area contributed by atoms with Crippen molar-refractivity contribution in [2.45, 2.75) is 48.5 Å². The van der Waals surface area contributed by atoms with Crippen LogP contribution in [-0.4, -0.2) is 53.1 Å². The van der Waals surface area contributed by atoms with E-state index in [4.69, 9.17) is 11.6 Å². The van der Waals surface area contributed by atoms with Gasteiger partial charge in [-0.3, -0.25) is 4.79 Å². The number of pyridine rings is 1. The van der Waals surface area contributed by atoms with Crippen molar-refractivity contribution in [3.8, 4) is 11.1 Å². The smallest absolute Gasteiger partial charge is 0.417 e. The largest absolute Gasteiger partial charge is 0.480 e. The molecule has 1 N–H and O–H groups in total. The summed E-state index contributed by atoms with van der Waals surface area (Å²) in [6, 6.07) is 4.18. The number of sulfone groups is 1. The first-order valence-corrected chi connectivity index (χ1v) is 12.3. The summed E-state index contributed by atoms with van der Waals surface area (Å²) >= 11 is 5.82. The molecule has 1 aromatic carbocycles. The Hall–Kier alpha value is -2.66. The zero-order valence-electron chi connectivity index (χ0n) is 17.8. The number of aromatic nitrogens is 1. The summed E-state index contributed by atoms with van der Waals surface area (Å²) in [5.74, 6) is -1.88. The molecular formula is C22H20ClF3N2O5S. The fourth-order valence-corrected chi connectivity index (χ4v) is 6.23. The average Bonchev–Trinajstić information content (AvgIpc) is 3.34. The second-order valence-electron chi connectivity index (χ2n) is 8.85. The SMILES string of the molecule is CC1(C(=O)N2C[C@H](S(=O)(=O)c3ccc(-c4ccnc(Cl)c4)cc3C(F)(F)F)C[C@H]2C(=O)O)CC1. The molecule has 34 heavy (non-hydrogen) atoms.